The zero-order chi connectivity index (χ0) is 14.8. The van der Waals surface area contributed by atoms with Crippen LogP contribution in [0.3, 0.4) is 0 Å². The molecule has 0 saturated carbocycles. The van der Waals surface area contributed by atoms with Gasteiger partial charge < -0.3 is 5.32 Å². The SMILES string of the molecule is CSc1nc2ccc(NC(=O)c3cccnc3Cl)cc2s1. The Balaban J connectivity index is 1.87. The van der Waals surface area contributed by atoms with E-state index in [2.05, 4.69) is 15.3 Å². The van der Waals surface area contributed by atoms with Crippen LogP contribution >= 0.6 is 34.7 Å². The zero-order valence-electron chi connectivity index (χ0n) is 11.0. The highest BCUT2D eigenvalue weighted by molar-refractivity contribution is 8.00. The van der Waals surface area contributed by atoms with Gasteiger partial charge in [0.1, 0.15) is 5.15 Å². The summed E-state index contributed by atoms with van der Waals surface area (Å²) >= 11 is 9.13. The van der Waals surface area contributed by atoms with Crippen LogP contribution in [0.2, 0.25) is 5.15 Å². The lowest BCUT2D eigenvalue weighted by Gasteiger charge is -2.05. The summed E-state index contributed by atoms with van der Waals surface area (Å²) in [6.45, 7) is 0. The van der Waals surface area contributed by atoms with Crippen LogP contribution in [0.25, 0.3) is 10.2 Å². The predicted octanol–water partition coefficient (Wildman–Crippen LogP) is 4.32. The molecule has 0 radical (unpaired) electrons. The molecular formula is C14H10ClN3OS2. The first-order chi connectivity index (χ1) is 10.2. The van der Waals surface area contributed by atoms with Gasteiger partial charge in [0.2, 0.25) is 0 Å². The molecule has 106 valence electrons. The van der Waals surface area contributed by atoms with Crippen molar-refractivity contribution in [1.82, 2.24) is 9.97 Å². The number of hydrogen-bond donors (Lipinski definition) is 1. The van der Waals surface area contributed by atoms with E-state index < -0.39 is 0 Å². The number of nitrogens with one attached hydrogen (secondary N) is 1. The number of thioether (sulfide) groups is 1. The summed E-state index contributed by atoms with van der Waals surface area (Å²) < 4.78 is 2.04. The molecule has 0 aliphatic carbocycles. The molecule has 21 heavy (non-hydrogen) atoms. The fourth-order valence-corrected chi connectivity index (χ4v) is 3.56. The maximum Gasteiger partial charge on any atom is 0.258 e. The quantitative estimate of drug-likeness (QED) is 0.572. The van der Waals surface area contributed by atoms with Gasteiger partial charge in [-0.15, -0.1) is 11.3 Å². The molecule has 7 heteroatoms. The second kappa shape index (κ2) is 6.01. The minimum atomic E-state index is -0.276. The summed E-state index contributed by atoms with van der Waals surface area (Å²) in [6.07, 6.45) is 3.54. The Morgan fingerprint density at radius 3 is 3.00 bits per heavy atom. The highest BCUT2D eigenvalue weighted by Crippen LogP contribution is 2.30. The number of amides is 1. The number of fused-ring (bicyclic) bond motifs is 1. The first-order valence-corrected chi connectivity index (χ1v) is 8.46. The van der Waals surface area contributed by atoms with Gasteiger partial charge in [-0.05, 0) is 36.6 Å². The molecule has 1 N–H and O–H groups in total. The molecule has 0 saturated heterocycles. The third-order valence-electron chi connectivity index (χ3n) is 2.81. The number of carbonyl (C=O) groups excluding carboxylic acids is 1. The van der Waals surface area contributed by atoms with Crippen LogP contribution in [0.5, 0.6) is 0 Å². The monoisotopic (exact) mass is 335 g/mol. The molecule has 0 aliphatic rings. The fraction of sp³-hybridized carbons (Fsp3) is 0.0714. The number of nitrogens with zero attached hydrogens (tertiary/aromatic N) is 2. The van der Waals surface area contributed by atoms with Gasteiger partial charge in [-0.2, -0.15) is 0 Å². The van der Waals surface area contributed by atoms with E-state index in [9.17, 15) is 4.79 Å². The van der Waals surface area contributed by atoms with Crippen LogP contribution in [0.1, 0.15) is 10.4 Å². The van der Waals surface area contributed by atoms with Crippen molar-refractivity contribution in [2.24, 2.45) is 0 Å². The number of pyridine rings is 1. The van der Waals surface area contributed by atoms with Crippen LogP contribution in [-0.4, -0.2) is 22.1 Å². The number of halogens is 1. The second-order valence-corrected chi connectivity index (χ2v) is 6.60. The van der Waals surface area contributed by atoms with Gasteiger partial charge in [0.15, 0.2) is 4.34 Å². The molecule has 4 nitrogen and oxygen atoms in total. The van der Waals surface area contributed by atoms with Gasteiger partial charge >= 0.3 is 0 Å². The number of anilines is 1. The molecule has 0 unspecified atom stereocenters. The molecule has 0 atom stereocenters. The molecule has 3 rings (SSSR count). The highest BCUT2D eigenvalue weighted by atomic mass is 35.5. The van der Waals surface area contributed by atoms with Crippen molar-refractivity contribution < 1.29 is 4.79 Å². The van der Waals surface area contributed by atoms with Crippen molar-refractivity contribution in [1.29, 1.82) is 0 Å². The van der Waals surface area contributed by atoms with E-state index in [-0.39, 0.29) is 11.1 Å². The summed E-state index contributed by atoms with van der Waals surface area (Å²) in [7, 11) is 0. The maximum absolute atomic E-state index is 12.2. The largest absolute Gasteiger partial charge is 0.322 e. The predicted molar refractivity (Wildman–Crippen MR) is 88.6 cm³/mol. The van der Waals surface area contributed by atoms with Crippen LogP contribution in [-0.2, 0) is 0 Å². The van der Waals surface area contributed by atoms with Gasteiger partial charge in [-0.25, -0.2) is 9.97 Å². The lowest BCUT2D eigenvalue weighted by molar-refractivity contribution is 0.102. The smallest absolute Gasteiger partial charge is 0.258 e. The number of carbonyl (C=O) groups is 1. The van der Waals surface area contributed by atoms with E-state index in [1.54, 1.807) is 41.4 Å². The molecule has 0 bridgehead atoms. The molecule has 0 fully saturated rings. The van der Waals surface area contributed by atoms with Gasteiger partial charge in [0.05, 0.1) is 15.8 Å². The molecule has 3 aromatic rings. The number of aromatic nitrogens is 2. The van der Waals surface area contributed by atoms with Crippen molar-refractivity contribution in [3.8, 4) is 0 Å². The van der Waals surface area contributed by atoms with E-state index in [0.717, 1.165) is 14.6 Å². The van der Waals surface area contributed by atoms with Crippen molar-refractivity contribution in [3.05, 3.63) is 47.2 Å². The van der Waals surface area contributed by atoms with Gasteiger partial charge in [0, 0.05) is 11.9 Å². The molecule has 2 aromatic heterocycles. The van der Waals surface area contributed by atoms with Crippen molar-refractivity contribution in [2.45, 2.75) is 4.34 Å². The topological polar surface area (TPSA) is 54.9 Å². The molecule has 1 aromatic carbocycles. The van der Waals surface area contributed by atoms with Crippen molar-refractivity contribution >= 4 is 56.5 Å². The van der Waals surface area contributed by atoms with Crippen LogP contribution < -0.4 is 5.32 Å². The maximum atomic E-state index is 12.2. The first-order valence-electron chi connectivity index (χ1n) is 6.04. The van der Waals surface area contributed by atoms with Crippen molar-refractivity contribution in [3.63, 3.8) is 0 Å². The Kier molecular flexibility index (Phi) is 4.10. The van der Waals surface area contributed by atoms with Crippen LogP contribution in [0.4, 0.5) is 5.69 Å². The summed E-state index contributed by atoms with van der Waals surface area (Å²) in [5, 5.41) is 3.02. The van der Waals surface area contributed by atoms with E-state index in [4.69, 9.17) is 11.6 Å². The lowest BCUT2D eigenvalue weighted by atomic mass is 10.2. The third kappa shape index (κ3) is 3.02. The molecule has 1 amide bonds. The zero-order valence-corrected chi connectivity index (χ0v) is 13.4. The first kappa shape index (κ1) is 14.3. The Labute approximate surface area is 134 Å². The Hall–Kier alpha value is -1.63. The van der Waals surface area contributed by atoms with Crippen molar-refractivity contribution in [2.75, 3.05) is 11.6 Å². The van der Waals surface area contributed by atoms with Crippen LogP contribution in [0, 0.1) is 0 Å². The summed E-state index contributed by atoms with van der Waals surface area (Å²) in [5.74, 6) is -0.276. The minimum Gasteiger partial charge on any atom is -0.322 e. The number of thiazole rings is 1. The Bertz CT molecular complexity index is 819. The average molecular weight is 336 g/mol. The van der Waals surface area contributed by atoms with E-state index in [1.807, 2.05) is 24.5 Å². The number of hydrogen-bond acceptors (Lipinski definition) is 5. The molecule has 0 spiro atoms. The van der Waals surface area contributed by atoms with Crippen LogP contribution in [0.15, 0.2) is 40.9 Å². The van der Waals surface area contributed by atoms with Gasteiger partial charge in [-0.1, -0.05) is 23.4 Å². The third-order valence-corrected chi connectivity index (χ3v) is 5.11. The molecule has 2 heterocycles. The summed E-state index contributed by atoms with van der Waals surface area (Å²) in [4.78, 5) is 20.5. The number of benzene rings is 1. The summed E-state index contributed by atoms with van der Waals surface area (Å²) in [6, 6.07) is 8.95. The Morgan fingerprint density at radius 1 is 1.38 bits per heavy atom. The average Bonchev–Trinajstić information content (AvgIpc) is 2.90. The summed E-state index contributed by atoms with van der Waals surface area (Å²) in [5.41, 5.74) is 2.00. The highest BCUT2D eigenvalue weighted by Gasteiger charge is 2.11. The minimum absolute atomic E-state index is 0.193. The lowest BCUT2D eigenvalue weighted by Crippen LogP contribution is -2.12. The molecule has 0 aliphatic heterocycles. The second-order valence-electron chi connectivity index (χ2n) is 4.16. The van der Waals surface area contributed by atoms with Gasteiger partial charge in [-0.3, -0.25) is 4.79 Å². The molecular weight excluding hydrogens is 326 g/mol. The van der Waals surface area contributed by atoms with E-state index in [0.29, 0.717) is 11.3 Å². The van der Waals surface area contributed by atoms with Gasteiger partial charge in [0.25, 0.3) is 5.91 Å². The normalized spacial score (nSPS) is 10.8. The van der Waals surface area contributed by atoms with E-state index in [1.165, 1.54) is 0 Å². The van der Waals surface area contributed by atoms with E-state index >= 15 is 0 Å². The number of rotatable bonds is 3. The fourth-order valence-electron chi connectivity index (χ4n) is 1.82. The standard InChI is InChI=1S/C14H10ClN3OS2/c1-20-14-18-10-5-4-8(7-11(10)21-14)17-13(19)9-3-2-6-16-12(9)15/h2-7H,1H3,(H,17,19). The Morgan fingerprint density at radius 2 is 2.24 bits per heavy atom.